The molecule has 1 aromatic carbocycles. The highest BCUT2D eigenvalue weighted by atomic mass is 32.1. The number of allylic oxidation sites excluding steroid dienone is 2. The van der Waals surface area contributed by atoms with Gasteiger partial charge in [0.1, 0.15) is 6.10 Å². The summed E-state index contributed by atoms with van der Waals surface area (Å²) in [7, 11) is 1.81. The molecule has 2 heterocycles. The van der Waals surface area contributed by atoms with Crippen LogP contribution >= 0.6 is 12.2 Å². The van der Waals surface area contributed by atoms with Crippen molar-refractivity contribution in [1.82, 2.24) is 5.32 Å². The third-order valence-corrected chi connectivity index (χ3v) is 5.30. The number of rotatable bonds is 7. The summed E-state index contributed by atoms with van der Waals surface area (Å²) < 4.78 is 5.86. The maximum atomic E-state index is 13.1. The molecule has 2 aliphatic heterocycles. The van der Waals surface area contributed by atoms with E-state index in [1.54, 1.807) is 4.90 Å². The fourth-order valence-corrected chi connectivity index (χ4v) is 4.06. The van der Waals surface area contributed by atoms with Gasteiger partial charge < -0.3 is 15.0 Å². The molecule has 134 valence electrons. The molecule has 0 radical (unpaired) electrons. The first-order chi connectivity index (χ1) is 12.1. The molecule has 1 fully saturated rings. The Morgan fingerprint density at radius 1 is 1.28 bits per heavy atom. The lowest BCUT2D eigenvalue weighted by molar-refractivity contribution is -0.125. The van der Waals surface area contributed by atoms with Gasteiger partial charge in [-0.3, -0.25) is 4.79 Å². The van der Waals surface area contributed by atoms with Crippen LogP contribution in [-0.4, -0.2) is 24.2 Å². The van der Waals surface area contributed by atoms with Crippen LogP contribution in [0.25, 0.3) is 0 Å². The molecule has 1 N–H and O–H groups in total. The lowest BCUT2D eigenvalue weighted by atomic mass is 9.84. The topological polar surface area (TPSA) is 41.6 Å². The molecule has 3 rings (SSSR count). The number of hydrogen-bond acceptors (Lipinski definition) is 3. The first-order valence-corrected chi connectivity index (χ1v) is 9.53. The van der Waals surface area contributed by atoms with Crippen LogP contribution < -0.4 is 10.2 Å². The van der Waals surface area contributed by atoms with Crippen molar-refractivity contribution < 1.29 is 9.53 Å². The molecule has 1 amide bonds. The molecule has 0 unspecified atom stereocenters. The van der Waals surface area contributed by atoms with Crippen LogP contribution in [0.5, 0.6) is 0 Å². The number of ether oxygens (including phenoxy) is 1. The van der Waals surface area contributed by atoms with Crippen molar-refractivity contribution in [3.05, 3.63) is 42.0 Å². The number of nitrogens with zero attached hydrogens (tertiary/aromatic N) is 1. The minimum absolute atomic E-state index is 0.00507. The molecule has 5 heteroatoms. The first kappa shape index (κ1) is 17.9. The zero-order valence-corrected chi connectivity index (χ0v) is 15.8. The predicted octanol–water partition coefficient (Wildman–Crippen LogP) is 4.05. The van der Waals surface area contributed by atoms with Crippen LogP contribution in [0.3, 0.4) is 0 Å². The minimum atomic E-state index is -0.877. The van der Waals surface area contributed by atoms with E-state index in [0.717, 1.165) is 30.5 Å². The van der Waals surface area contributed by atoms with E-state index in [1.165, 1.54) is 19.3 Å². The van der Waals surface area contributed by atoms with Gasteiger partial charge in [-0.25, -0.2) is 0 Å². The monoisotopic (exact) mass is 358 g/mol. The average Bonchev–Trinajstić information content (AvgIpc) is 3.06. The van der Waals surface area contributed by atoms with E-state index in [4.69, 9.17) is 17.0 Å². The number of nitrogens with one attached hydrogen (secondary N) is 1. The normalized spacial score (nSPS) is 24.9. The fourth-order valence-electron chi connectivity index (χ4n) is 3.78. The van der Waals surface area contributed by atoms with Gasteiger partial charge in [0.2, 0.25) is 0 Å². The van der Waals surface area contributed by atoms with Crippen molar-refractivity contribution in [2.24, 2.45) is 0 Å². The summed E-state index contributed by atoms with van der Waals surface area (Å²) in [6.07, 6.45) is 10.7. The number of para-hydroxylation sites is 1. The summed E-state index contributed by atoms with van der Waals surface area (Å²) in [5, 5.41) is 3.49. The second-order valence-corrected chi connectivity index (χ2v) is 7.12. The summed E-state index contributed by atoms with van der Waals surface area (Å²) in [5.74, 6) is 0.00507. The van der Waals surface area contributed by atoms with E-state index < -0.39 is 5.54 Å². The molecule has 25 heavy (non-hydrogen) atoms. The van der Waals surface area contributed by atoms with Gasteiger partial charge in [-0.05, 0) is 44.0 Å². The van der Waals surface area contributed by atoms with Crippen LogP contribution in [0.15, 0.2) is 36.4 Å². The summed E-state index contributed by atoms with van der Waals surface area (Å²) in [6, 6.07) is 7.87. The van der Waals surface area contributed by atoms with E-state index in [1.807, 2.05) is 31.3 Å². The second kappa shape index (κ2) is 7.56. The zero-order valence-electron chi connectivity index (χ0n) is 15.0. The lowest BCUT2D eigenvalue weighted by Crippen LogP contribution is -2.52. The number of anilines is 1. The minimum Gasteiger partial charge on any atom is -0.464 e. The number of thiocarbonyl (C=S) groups is 1. The molecular weight excluding hydrogens is 332 g/mol. The van der Waals surface area contributed by atoms with Crippen LogP contribution in [0.2, 0.25) is 0 Å². The van der Waals surface area contributed by atoms with Gasteiger partial charge in [0.05, 0.1) is 0 Å². The third kappa shape index (κ3) is 3.17. The number of hydrogen-bond donors (Lipinski definition) is 1. The van der Waals surface area contributed by atoms with Crippen molar-refractivity contribution in [3.63, 3.8) is 0 Å². The number of likely N-dealkylation sites (N-methyl/N-ethyl adjacent to an activating group) is 1. The van der Waals surface area contributed by atoms with Crippen molar-refractivity contribution in [2.75, 3.05) is 11.9 Å². The van der Waals surface area contributed by atoms with Crippen molar-refractivity contribution >= 4 is 29.0 Å². The Hall–Kier alpha value is -1.88. The average molecular weight is 359 g/mol. The van der Waals surface area contributed by atoms with Crippen molar-refractivity contribution in [2.45, 2.75) is 57.1 Å². The molecule has 1 spiro atoms. The number of carbonyl (C=O) groups is 1. The van der Waals surface area contributed by atoms with E-state index in [2.05, 4.69) is 24.4 Å². The number of unbranched alkanes of at least 4 members (excludes halogenated alkanes) is 3. The molecule has 0 aromatic heterocycles. The van der Waals surface area contributed by atoms with E-state index >= 15 is 0 Å². The van der Waals surface area contributed by atoms with Crippen molar-refractivity contribution in [1.29, 1.82) is 0 Å². The fraction of sp³-hybridized carbons (Fsp3) is 0.500. The van der Waals surface area contributed by atoms with E-state index in [9.17, 15) is 4.79 Å². The summed E-state index contributed by atoms with van der Waals surface area (Å²) in [6.45, 7) is 2.21. The Morgan fingerprint density at radius 2 is 2.04 bits per heavy atom. The van der Waals surface area contributed by atoms with Gasteiger partial charge in [-0.2, -0.15) is 0 Å². The maximum Gasteiger partial charge on any atom is 0.261 e. The van der Waals surface area contributed by atoms with Crippen LogP contribution in [0.1, 0.15) is 51.0 Å². The van der Waals surface area contributed by atoms with Gasteiger partial charge in [-0.15, -0.1) is 0 Å². The molecule has 2 atom stereocenters. The molecule has 0 saturated carbocycles. The van der Waals surface area contributed by atoms with E-state index in [0.29, 0.717) is 5.17 Å². The number of carbonyl (C=O) groups excluding carboxylic acids is 1. The van der Waals surface area contributed by atoms with Gasteiger partial charge in [0.25, 0.3) is 11.1 Å². The summed E-state index contributed by atoms with van der Waals surface area (Å²) >= 11 is 5.25. The zero-order chi connectivity index (χ0) is 17.9. The first-order valence-electron chi connectivity index (χ1n) is 9.12. The van der Waals surface area contributed by atoms with Crippen LogP contribution in [-0.2, 0) is 15.1 Å². The summed E-state index contributed by atoms with van der Waals surface area (Å²) in [5.41, 5.74) is 1.01. The van der Waals surface area contributed by atoms with Crippen molar-refractivity contribution in [3.8, 4) is 0 Å². The Labute approximate surface area is 155 Å². The molecular formula is C20H26N2O2S. The highest BCUT2D eigenvalue weighted by Crippen LogP contribution is 2.46. The van der Waals surface area contributed by atoms with Gasteiger partial charge >= 0.3 is 0 Å². The molecule has 2 aliphatic rings. The van der Waals surface area contributed by atoms with Crippen LogP contribution in [0.4, 0.5) is 5.69 Å². The lowest BCUT2D eigenvalue weighted by Gasteiger charge is -2.27. The molecule has 0 aliphatic carbocycles. The molecule has 1 saturated heterocycles. The second-order valence-electron chi connectivity index (χ2n) is 6.75. The van der Waals surface area contributed by atoms with E-state index in [-0.39, 0.29) is 12.0 Å². The Morgan fingerprint density at radius 3 is 2.84 bits per heavy atom. The molecule has 0 bridgehead atoms. The molecule has 4 nitrogen and oxygen atoms in total. The Bertz CT molecular complexity index is 688. The summed E-state index contributed by atoms with van der Waals surface area (Å²) in [4.78, 5) is 14.8. The maximum absolute atomic E-state index is 13.1. The van der Waals surface area contributed by atoms with Gasteiger partial charge in [-0.1, -0.05) is 50.1 Å². The quantitative estimate of drug-likeness (QED) is 0.454. The highest BCUT2D eigenvalue weighted by Gasteiger charge is 2.60. The number of fused-ring (bicyclic) bond motifs is 2. The smallest absolute Gasteiger partial charge is 0.261 e. The van der Waals surface area contributed by atoms with Gasteiger partial charge in [0, 0.05) is 18.3 Å². The standard InChI is InChI=1S/C20H26N2O2S/c1-3-4-5-6-7-8-9-14-17-20(21-19(25)24-17)15-12-10-11-13-16(15)22(2)18(20)23/h7-8,10-13,17H,3-6,9,14H2,1-2H3,(H,21,25)/b8-7+/t17-,20+/m0/s1. The number of amides is 1. The third-order valence-electron chi connectivity index (χ3n) is 5.10. The van der Waals surface area contributed by atoms with Gasteiger partial charge in [0.15, 0.2) is 5.54 Å². The van der Waals surface area contributed by atoms with Crippen LogP contribution in [0, 0.1) is 0 Å². The Kier molecular flexibility index (Phi) is 5.42. The highest BCUT2D eigenvalue weighted by molar-refractivity contribution is 7.80. The SMILES string of the molecule is CCCCC/C=C/CC[C@@H]1OC(=S)N[C@@]12C(=O)N(C)c1ccccc12. The molecule has 1 aromatic rings. The largest absolute Gasteiger partial charge is 0.464 e. The number of benzene rings is 1. The Balaban J connectivity index is 1.74. The predicted molar refractivity (Wildman–Crippen MR) is 105 cm³/mol.